The lowest BCUT2D eigenvalue weighted by Gasteiger charge is -2.09. The van der Waals surface area contributed by atoms with Crippen LogP contribution in [0.2, 0.25) is 0 Å². The normalized spacial score (nSPS) is 14.5. The van der Waals surface area contributed by atoms with Crippen LogP contribution >= 0.6 is 0 Å². The van der Waals surface area contributed by atoms with Gasteiger partial charge in [-0.1, -0.05) is 12.1 Å². The maximum absolute atomic E-state index is 12.3. The van der Waals surface area contributed by atoms with Crippen molar-refractivity contribution in [2.75, 3.05) is 7.11 Å². The fourth-order valence-corrected chi connectivity index (χ4v) is 3.10. The monoisotopic (exact) mass is 333 g/mol. The van der Waals surface area contributed by atoms with Gasteiger partial charge in [0, 0.05) is 12.6 Å². The summed E-state index contributed by atoms with van der Waals surface area (Å²) in [4.78, 5) is 0.0970. The van der Waals surface area contributed by atoms with E-state index in [1.807, 2.05) is 6.07 Å². The molecule has 0 radical (unpaired) electrons. The van der Waals surface area contributed by atoms with Crippen LogP contribution in [0.15, 0.2) is 53.4 Å². The van der Waals surface area contributed by atoms with Crippen molar-refractivity contribution < 1.29 is 17.3 Å². The SMILES string of the molecule is COc1ccc(S(=O)(=O)Oc2cccc(CNC3CC3)c2)cc1. The van der Waals surface area contributed by atoms with Crippen molar-refractivity contribution in [2.24, 2.45) is 0 Å². The lowest BCUT2D eigenvalue weighted by molar-refractivity contribution is 0.414. The number of hydrogen-bond donors (Lipinski definition) is 1. The highest BCUT2D eigenvalue weighted by Crippen LogP contribution is 2.23. The van der Waals surface area contributed by atoms with Crippen LogP contribution in [-0.4, -0.2) is 21.6 Å². The number of nitrogens with one attached hydrogen (secondary N) is 1. The van der Waals surface area contributed by atoms with E-state index in [2.05, 4.69) is 5.32 Å². The summed E-state index contributed by atoms with van der Waals surface area (Å²) in [5, 5.41) is 3.39. The highest BCUT2D eigenvalue weighted by Gasteiger charge is 2.20. The van der Waals surface area contributed by atoms with Gasteiger partial charge in [0.05, 0.1) is 7.11 Å². The largest absolute Gasteiger partial charge is 0.497 e. The molecule has 0 saturated heterocycles. The summed E-state index contributed by atoms with van der Waals surface area (Å²) in [6, 6.07) is 13.8. The van der Waals surface area contributed by atoms with Gasteiger partial charge in [-0.2, -0.15) is 8.42 Å². The third-order valence-electron chi connectivity index (χ3n) is 3.62. The van der Waals surface area contributed by atoms with E-state index in [0.717, 1.165) is 5.56 Å². The first-order chi connectivity index (χ1) is 11.1. The van der Waals surface area contributed by atoms with Crippen molar-refractivity contribution >= 4 is 10.1 Å². The molecule has 1 N–H and O–H groups in total. The minimum absolute atomic E-state index is 0.0970. The molecule has 5 nitrogen and oxygen atoms in total. The minimum Gasteiger partial charge on any atom is -0.497 e. The van der Waals surface area contributed by atoms with Crippen molar-refractivity contribution in [1.29, 1.82) is 0 Å². The Morgan fingerprint density at radius 1 is 1.09 bits per heavy atom. The zero-order valence-corrected chi connectivity index (χ0v) is 13.7. The molecule has 0 spiro atoms. The molecule has 0 atom stereocenters. The highest BCUT2D eigenvalue weighted by atomic mass is 32.2. The van der Waals surface area contributed by atoms with E-state index in [0.29, 0.717) is 24.1 Å². The van der Waals surface area contributed by atoms with Crippen LogP contribution in [0.5, 0.6) is 11.5 Å². The summed E-state index contributed by atoms with van der Waals surface area (Å²) in [6.45, 7) is 0.713. The molecule has 1 saturated carbocycles. The van der Waals surface area contributed by atoms with Crippen molar-refractivity contribution in [2.45, 2.75) is 30.3 Å². The average Bonchev–Trinajstić information content (AvgIpc) is 3.37. The van der Waals surface area contributed by atoms with E-state index < -0.39 is 10.1 Å². The van der Waals surface area contributed by atoms with Crippen LogP contribution in [0.1, 0.15) is 18.4 Å². The fraction of sp³-hybridized carbons (Fsp3) is 0.294. The molecular formula is C17H19NO4S. The van der Waals surface area contributed by atoms with Crippen LogP contribution < -0.4 is 14.2 Å². The molecule has 0 bridgehead atoms. The van der Waals surface area contributed by atoms with Gasteiger partial charge in [0.1, 0.15) is 16.4 Å². The Morgan fingerprint density at radius 2 is 1.83 bits per heavy atom. The molecule has 0 unspecified atom stereocenters. The molecule has 0 heterocycles. The van der Waals surface area contributed by atoms with Crippen LogP contribution in [0.3, 0.4) is 0 Å². The maximum Gasteiger partial charge on any atom is 0.339 e. The van der Waals surface area contributed by atoms with Gasteiger partial charge in [0.2, 0.25) is 0 Å². The Balaban J connectivity index is 1.72. The standard InChI is InChI=1S/C17H19NO4S/c1-21-15-7-9-17(10-8-15)23(19,20)22-16-4-2-3-13(11-16)12-18-14-5-6-14/h2-4,7-11,14,18H,5-6,12H2,1H3. The van der Waals surface area contributed by atoms with Gasteiger partial charge < -0.3 is 14.2 Å². The quantitative estimate of drug-likeness (QED) is 0.789. The summed E-state index contributed by atoms with van der Waals surface area (Å²) in [6.07, 6.45) is 2.42. The van der Waals surface area contributed by atoms with Gasteiger partial charge in [-0.3, -0.25) is 0 Å². The van der Waals surface area contributed by atoms with E-state index in [1.54, 1.807) is 30.3 Å². The number of methoxy groups -OCH3 is 1. The van der Waals surface area contributed by atoms with Gasteiger partial charge in [-0.15, -0.1) is 0 Å². The second-order valence-electron chi connectivity index (χ2n) is 5.52. The molecule has 1 aliphatic carbocycles. The molecule has 0 aromatic heterocycles. The smallest absolute Gasteiger partial charge is 0.339 e. The zero-order valence-electron chi connectivity index (χ0n) is 12.9. The molecule has 3 rings (SSSR count). The van der Waals surface area contributed by atoms with Gasteiger partial charge in [0.25, 0.3) is 0 Å². The lowest BCUT2D eigenvalue weighted by atomic mass is 10.2. The highest BCUT2D eigenvalue weighted by molar-refractivity contribution is 7.87. The molecule has 2 aromatic rings. The average molecular weight is 333 g/mol. The summed E-state index contributed by atoms with van der Waals surface area (Å²) in [5.41, 5.74) is 0.999. The van der Waals surface area contributed by atoms with E-state index in [-0.39, 0.29) is 4.90 Å². The van der Waals surface area contributed by atoms with Crippen LogP contribution in [-0.2, 0) is 16.7 Å². The molecule has 122 valence electrons. The summed E-state index contributed by atoms with van der Waals surface area (Å²) in [5.74, 6) is 0.910. The van der Waals surface area contributed by atoms with E-state index in [9.17, 15) is 8.42 Å². The second kappa shape index (κ2) is 6.60. The summed E-state index contributed by atoms with van der Waals surface area (Å²) in [7, 11) is -2.32. The van der Waals surface area contributed by atoms with Crippen molar-refractivity contribution in [1.82, 2.24) is 5.32 Å². The summed E-state index contributed by atoms with van der Waals surface area (Å²) >= 11 is 0. The van der Waals surface area contributed by atoms with Crippen molar-refractivity contribution in [3.8, 4) is 11.5 Å². The molecule has 0 aliphatic heterocycles. The van der Waals surface area contributed by atoms with E-state index >= 15 is 0 Å². The van der Waals surface area contributed by atoms with E-state index in [4.69, 9.17) is 8.92 Å². The van der Waals surface area contributed by atoms with Crippen LogP contribution in [0.4, 0.5) is 0 Å². The van der Waals surface area contributed by atoms with E-state index in [1.165, 1.54) is 32.1 Å². The van der Waals surface area contributed by atoms with Crippen LogP contribution in [0.25, 0.3) is 0 Å². The minimum atomic E-state index is -3.85. The Labute approximate surface area is 136 Å². The van der Waals surface area contributed by atoms with Crippen molar-refractivity contribution in [3.63, 3.8) is 0 Å². The Morgan fingerprint density at radius 3 is 2.48 bits per heavy atom. The third kappa shape index (κ3) is 4.24. The van der Waals surface area contributed by atoms with Gasteiger partial charge >= 0.3 is 10.1 Å². The predicted molar refractivity (Wildman–Crippen MR) is 87.1 cm³/mol. The maximum atomic E-state index is 12.3. The fourth-order valence-electron chi connectivity index (χ4n) is 2.17. The molecule has 2 aromatic carbocycles. The van der Waals surface area contributed by atoms with Crippen molar-refractivity contribution in [3.05, 3.63) is 54.1 Å². The number of rotatable bonds is 7. The Hall–Kier alpha value is -2.05. The first kappa shape index (κ1) is 15.8. The molecule has 1 aliphatic rings. The molecule has 1 fully saturated rings. The summed E-state index contributed by atoms with van der Waals surface area (Å²) < 4.78 is 34.9. The number of ether oxygens (including phenoxy) is 1. The van der Waals surface area contributed by atoms with Gasteiger partial charge in [0.15, 0.2) is 0 Å². The number of benzene rings is 2. The van der Waals surface area contributed by atoms with Crippen LogP contribution in [0, 0.1) is 0 Å². The Bertz CT molecular complexity index is 767. The number of hydrogen-bond acceptors (Lipinski definition) is 5. The molecule has 0 amide bonds. The molecule has 23 heavy (non-hydrogen) atoms. The topological polar surface area (TPSA) is 64.6 Å². The second-order valence-corrected chi connectivity index (χ2v) is 7.06. The lowest BCUT2D eigenvalue weighted by Crippen LogP contribution is -2.15. The zero-order chi connectivity index (χ0) is 16.3. The van der Waals surface area contributed by atoms with Gasteiger partial charge in [-0.05, 0) is 54.8 Å². The van der Waals surface area contributed by atoms with Gasteiger partial charge in [-0.25, -0.2) is 0 Å². The first-order valence-corrected chi connectivity index (χ1v) is 8.88. The predicted octanol–water partition coefficient (Wildman–Crippen LogP) is 2.71. The Kier molecular flexibility index (Phi) is 4.54. The molecular weight excluding hydrogens is 314 g/mol. The third-order valence-corrected chi connectivity index (χ3v) is 4.89. The first-order valence-electron chi connectivity index (χ1n) is 7.48. The molecule has 6 heteroatoms.